The smallest absolute Gasteiger partial charge is 0.251 e. The Balaban J connectivity index is 2.35. The lowest BCUT2D eigenvalue weighted by atomic mass is 9.96. The van der Waals surface area contributed by atoms with Crippen LogP contribution in [0.3, 0.4) is 0 Å². The second-order valence-corrected chi connectivity index (χ2v) is 5.07. The van der Waals surface area contributed by atoms with Crippen molar-refractivity contribution in [1.82, 2.24) is 4.98 Å². The first-order valence-electron chi connectivity index (χ1n) is 6.99. The van der Waals surface area contributed by atoms with Gasteiger partial charge in [0.2, 0.25) is 0 Å². The minimum absolute atomic E-state index is 0.0801. The van der Waals surface area contributed by atoms with Gasteiger partial charge < -0.3 is 14.5 Å². The molecule has 0 amide bonds. The number of hydrogen-bond donors (Lipinski definition) is 1. The van der Waals surface area contributed by atoms with Gasteiger partial charge in [-0.15, -0.1) is 0 Å². The molecule has 2 aromatic carbocycles. The van der Waals surface area contributed by atoms with E-state index in [-0.39, 0.29) is 5.56 Å². The first kappa shape index (κ1) is 14.2. The zero-order valence-electron chi connectivity index (χ0n) is 12.8. The van der Waals surface area contributed by atoms with E-state index in [0.717, 1.165) is 22.0 Å². The number of para-hydroxylation sites is 1. The van der Waals surface area contributed by atoms with Crippen molar-refractivity contribution in [3.63, 3.8) is 0 Å². The Morgan fingerprint density at radius 1 is 0.955 bits per heavy atom. The fraction of sp³-hybridized carbons (Fsp3) is 0.167. The van der Waals surface area contributed by atoms with Crippen molar-refractivity contribution in [3.05, 3.63) is 58.4 Å². The number of methoxy groups -OCH3 is 2. The molecule has 0 saturated carbocycles. The molecule has 0 fully saturated rings. The van der Waals surface area contributed by atoms with Crippen molar-refractivity contribution in [3.8, 4) is 22.6 Å². The monoisotopic (exact) mass is 295 g/mol. The average Bonchev–Trinajstić information content (AvgIpc) is 2.55. The summed E-state index contributed by atoms with van der Waals surface area (Å²) in [6.45, 7) is 1.83. The van der Waals surface area contributed by atoms with Gasteiger partial charge in [-0.25, -0.2) is 0 Å². The van der Waals surface area contributed by atoms with Crippen LogP contribution in [0.15, 0.2) is 47.3 Å². The second kappa shape index (κ2) is 5.56. The molecule has 1 N–H and O–H groups in total. The highest BCUT2D eigenvalue weighted by molar-refractivity contribution is 5.96. The van der Waals surface area contributed by atoms with Gasteiger partial charge in [0.1, 0.15) is 0 Å². The van der Waals surface area contributed by atoms with Crippen LogP contribution in [0.25, 0.3) is 22.0 Å². The van der Waals surface area contributed by atoms with Gasteiger partial charge in [0, 0.05) is 16.5 Å². The maximum absolute atomic E-state index is 12.2. The standard InChI is InChI=1S/C18H17NO3/c1-11-17(12-8-9-15(21-2)16(10-12)22-3)13-6-4-5-7-14(13)19-18(11)20/h4-10H,1-3H3,(H,19,20). The molecule has 3 rings (SSSR count). The molecule has 0 atom stereocenters. The van der Waals surface area contributed by atoms with Crippen LogP contribution in [0.2, 0.25) is 0 Å². The maximum Gasteiger partial charge on any atom is 0.251 e. The summed E-state index contributed by atoms with van der Waals surface area (Å²) in [5, 5.41) is 1.01. The summed E-state index contributed by atoms with van der Waals surface area (Å²) < 4.78 is 10.6. The quantitative estimate of drug-likeness (QED) is 0.804. The van der Waals surface area contributed by atoms with Gasteiger partial charge >= 0.3 is 0 Å². The van der Waals surface area contributed by atoms with Crippen molar-refractivity contribution in [2.45, 2.75) is 6.92 Å². The third-order valence-corrected chi connectivity index (χ3v) is 3.83. The first-order valence-corrected chi connectivity index (χ1v) is 6.99. The number of ether oxygens (including phenoxy) is 2. The zero-order chi connectivity index (χ0) is 15.7. The van der Waals surface area contributed by atoms with Crippen LogP contribution in [0.5, 0.6) is 11.5 Å². The summed E-state index contributed by atoms with van der Waals surface area (Å²) >= 11 is 0. The third kappa shape index (κ3) is 2.22. The van der Waals surface area contributed by atoms with Crippen molar-refractivity contribution in [2.75, 3.05) is 14.2 Å². The van der Waals surface area contributed by atoms with Gasteiger partial charge in [-0.05, 0) is 36.2 Å². The number of aromatic amines is 1. The van der Waals surface area contributed by atoms with E-state index in [9.17, 15) is 4.79 Å². The van der Waals surface area contributed by atoms with Crippen LogP contribution in [0, 0.1) is 6.92 Å². The van der Waals surface area contributed by atoms with Gasteiger partial charge in [-0.3, -0.25) is 4.79 Å². The summed E-state index contributed by atoms with van der Waals surface area (Å²) in [6.07, 6.45) is 0. The molecule has 0 bridgehead atoms. The summed E-state index contributed by atoms with van der Waals surface area (Å²) in [5.74, 6) is 1.31. The van der Waals surface area contributed by atoms with Crippen molar-refractivity contribution in [2.24, 2.45) is 0 Å². The predicted octanol–water partition coefficient (Wildman–Crippen LogP) is 3.52. The van der Waals surface area contributed by atoms with E-state index >= 15 is 0 Å². The molecule has 0 unspecified atom stereocenters. The Morgan fingerprint density at radius 2 is 1.68 bits per heavy atom. The molecule has 1 aromatic heterocycles. The maximum atomic E-state index is 12.2. The third-order valence-electron chi connectivity index (χ3n) is 3.83. The molecule has 0 aliphatic rings. The van der Waals surface area contributed by atoms with Crippen LogP contribution in [-0.2, 0) is 0 Å². The summed E-state index contributed by atoms with van der Waals surface area (Å²) in [4.78, 5) is 15.1. The van der Waals surface area contributed by atoms with E-state index in [4.69, 9.17) is 9.47 Å². The minimum atomic E-state index is -0.0801. The van der Waals surface area contributed by atoms with Crippen LogP contribution in [0.1, 0.15) is 5.56 Å². The zero-order valence-corrected chi connectivity index (χ0v) is 12.8. The van der Waals surface area contributed by atoms with Gasteiger partial charge in [0.25, 0.3) is 5.56 Å². The summed E-state index contributed by atoms with van der Waals surface area (Å²) in [5.41, 5.74) is 3.27. The molecule has 4 nitrogen and oxygen atoms in total. The minimum Gasteiger partial charge on any atom is -0.493 e. The Labute approximate surface area is 128 Å². The van der Waals surface area contributed by atoms with Crippen LogP contribution in [-0.4, -0.2) is 19.2 Å². The Hall–Kier alpha value is -2.75. The van der Waals surface area contributed by atoms with Crippen molar-refractivity contribution in [1.29, 1.82) is 0 Å². The molecule has 0 aliphatic carbocycles. The Bertz CT molecular complexity index is 896. The molecule has 1 heterocycles. The number of hydrogen-bond acceptors (Lipinski definition) is 3. The summed E-state index contributed by atoms with van der Waals surface area (Å²) in [6, 6.07) is 13.5. The Kier molecular flexibility index (Phi) is 3.59. The van der Waals surface area contributed by atoms with Crippen LogP contribution >= 0.6 is 0 Å². The molecule has 0 saturated heterocycles. The molecule has 4 heteroatoms. The van der Waals surface area contributed by atoms with E-state index < -0.39 is 0 Å². The lowest BCUT2D eigenvalue weighted by molar-refractivity contribution is 0.355. The van der Waals surface area contributed by atoms with Crippen LogP contribution in [0.4, 0.5) is 0 Å². The fourth-order valence-electron chi connectivity index (χ4n) is 2.71. The largest absolute Gasteiger partial charge is 0.493 e. The molecule has 0 spiro atoms. The van der Waals surface area contributed by atoms with Gasteiger partial charge in [0.05, 0.1) is 14.2 Å². The summed E-state index contributed by atoms with van der Waals surface area (Å²) in [7, 11) is 3.20. The molecule has 112 valence electrons. The molecule has 0 aliphatic heterocycles. The highest BCUT2D eigenvalue weighted by atomic mass is 16.5. The average molecular weight is 295 g/mol. The van der Waals surface area contributed by atoms with Crippen molar-refractivity contribution >= 4 is 10.9 Å². The van der Waals surface area contributed by atoms with E-state index in [0.29, 0.717) is 17.1 Å². The number of pyridine rings is 1. The SMILES string of the molecule is COc1ccc(-c2c(C)c(=O)[nH]c3ccccc23)cc1OC. The number of rotatable bonds is 3. The normalized spacial score (nSPS) is 10.7. The molecule has 0 radical (unpaired) electrons. The molecule has 22 heavy (non-hydrogen) atoms. The van der Waals surface area contributed by atoms with Crippen LogP contribution < -0.4 is 15.0 Å². The lowest BCUT2D eigenvalue weighted by Gasteiger charge is -2.13. The molecular weight excluding hydrogens is 278 g/mol. The number of benzene rings is 2. The molecular formula is C18H17NO3. The molecule has 3 aromatic rings. The van der Waals surface area contributed by atoms with Gasteiger partial charge in [0.15, 0.2) is 11.5 Å². The highest BCUT2D eigenvalue weighted by Gasteiger charge is 2.13. The van der Waals surface area contributed by atoms with Gasteiger partial charge in [-0.1, -0.05) is 24.3 Å². The Morgan fingerprint density at radius 3 is 2.41 bits per heavy atom. The number of aromatic nitrogens is 1. The van der Waals surface area contributed by atoms with E-state index in [2.05, 4.69) is 4.98 Å². The fourth-order valence-corrected chi connectivity index (χ4v) is 2.71. The van der Waals surface area contributed by atoms with Gasteiger partial charge in [-0.2, -0.15) is 0 Å². The number of H-pyrrole nitrogens is 1. The predicted molar refractivity (Wildman–Crippen MR) is 87.8 cm³/mol. The highest BCUT2D eigenvalue weighted by Crippen LogP contribution is 2.35. The lowest BCUT2D eigenvalue weighted by Crippen LogP contribution is -2.11. The topological polar surface area (TPSA) is 51.3 Å². The van der Waals surface area contributed by atoms with E-state index in [1.807, 2.05) is 49.4 Å². The van der Waals surface area contributed by atoms with E-state index in [1.165, 1.54) is 0 Å². The van der Waals surface area contributed by atoms with Crippen molar-refractivity contribution < 1.29 is 9.47 Å². The van der Waals surface area contributed by atoms with E-state index in [1.54, 1.807) is 14.2 Å². The second-order valence-electron chi connectivity index (χ2n) is 5.07. The number of fused-ring (bicyclic) bond motifs is 1. The first-order chi connectivity index (χ1) is 10.7. The number of nitrogens with one attached hydrogen (secondary N) is 1.